The van der Waals surface area contributed by atoms with Gasteiger partial charge in [-0.1, -0.05) is 107 Å². The number of unbranched alkanes of at least 4 members (excludes halogenated alkanes) is 7. The third-order valence-corrected chi connectivity index (χ3v) is 12.9. The number of nitrogen functional groups attached to an aromatic ring is 1. The van der Waals surface area contributed by atoms with Crippen LogP contribution in [0.3, 0.4) is 0 Å². The van der Waals surface area contributed by atoms with E-state index in [-0.39, 0.29) is 0 Å². The van der Waals surface area contributed by atoms with Gasteiger partial charge in [-0.2, -0.15) is 0 Å². The Bertz CT molecular complexity index is 2200. The summed E-state index contributed by atoms with van der Waals surface area (Å²) in [6.07, 6.45) is 21.1. The van der Waals surface area contributed by atoms with Crippen LogP contribution >= 0.6 is 11.6 Å². The lowest BCUT2D eigenvalue weighted by atomic mass is 9.91. The Labute approximate surface area is 375 Å². The van der Waals surface area contributed by atoms with E-state index >= 15 is 0 Å². The number of hydrogen-bond acceptors (Lipinski definition) is 8. The molecule has 0 aromatic heterocycles. The maximum absolute atomic E-state index is 11.6. The molecule has 0 amide bonds. The molecule has 2 heterocycles. The van der Waals surface area contributed by atoms with E-state index in [0.29, 0.717) is 40.8 Å². The molecule has 1 saturated heterocycles. The van der Waals surface area contributed by atoms with E-state index in [2.05, 4.69) is 84.4 Å². The molecule has 0 bridgehead atoms. The van der Waals surface area contributed by atoms with E-state index in [4.69, 9.17) is 22.1 Å². The van der Waals surface area contributed by atoms with Crippen molar-refractivity contribution in [1.82, 2.24) is 15.1 Å². The molecular weight excluding hydrogens is 790 g/mol. The highest BCUT2D eigenvalue weighted by Crippen LogP contribution is 2.39. The number of aliphatic hydroxyl groups is 1. The average Bonchev–Trinajstić information content (AvgIpc) is 3.59. The van der Waals surface area contributed by atoms with Gasteiger partial charge in [0.25, 0.3) is 0 Å². The number of hydrogen-bond donors (Lipinski definition) is 4. The Morgan fingerprint density at radius 3 is 2.56 bits per heavy atom. The van der Waals surface area contributed by atoms with Crippen LogP contribution in [0.15, 0.2) is 103 Å². The second-order valence-corrected chi connectivity index (χ2v) is 17.6. The summed E-state index contributed by atoms with van der Waals surface area (Å²) >= 11 is 7.02. The lowest BCUT2D eigenvalue weighted by Crippen LogP contribution is -2.35. The zero-order valence-corrected chi connectivity index (χ0v) is 38.1. The van der Waals surface area contributed by atoms with Gasteiger partial charge in [0.15, 0.2) is 6.29 Å². The molecule has 1 aliphatic carbocycles. The fourth-order valence-corrected chi connectivity index (χ4v) is 9.38. The van der Waals surface area contributed by atoms with Crippen LogP contribution in [0.1, 0.15) is 134 Å². The summed E-state index contributed by atoms with van der Waals surface area (Å²) in [6.45, 7) is 23.0. The lowest BCUT2D eigenvalue weighted by Gasteiger charge is -2.33. The number of aliphatic hydroxyl groups excluding tert-OH is 1. The molecule has 1 fully saturated rings. The highest BCUT2D eigenvalue weighted by atomic mass is 35.5. The van der Waals surface area contributed by atoms with E-state index in [1.165, 1.54) is 43.5 Å². The Morgan fingerprint density at radius 1 is 1.06 bits per heavy atom. The summed E-state index contributed by atoms with van der Waals surface area (Å²) < 4.78 is 6.20. The molecule has 0 saturated carbocycles. The highest BCUT2D eigenvalue weighted by molar-refractivity contribution is 6.32. The van der Waals surface area contributed by atoms with Gasteiger partial charge in [-0.15, -0.1) is 0 Å². The molecule has 2 atom stereocenters. The van der Waals surface area contributed by atoms with Crippen LogP contribution in [0.25, 0.3) is 11.6 Å². The van der Waals surface area contributed by atoms with Crippen LogP contribution in [0.2, 0.25) is 5.02 Å². The normalized spacial score (nSPS) is 16.8. The standard InChI is InChI=1S/C53H68ClN5O3/c1-7-40-31-43(22-21-41(40)35-60)56-26-16-14-12-10-9-11-13-15-19-45-48(55)24-23-46(53(45)54)51(61)29-37(4)47-32-42(52(62-8-2)30-38(47)5)33-58-27-17-18-44(34-58)59-39(6)57-49-25-20-36(3)28-50(49)59/h7,18,21-25,28,30-32,35-36,51,56-57,61H,1,4,6,8-17,19-20,26-27,29,33-34,55H2,2-3,5H3. The predicted octanol–water partition coefficient (Wildman–Crippen LogP) is 12.3. The number of benzene rings is 3. The fraction of sp³-hybridized carbons (Fsp3) is 0.415. The maximum atomic E-state index is 11.6. The van der Waals surface area contributed by atoms with Crippen molar-refractivity contribution in [3.8, 4) is 5.75 Å². The minimum absolute atomic E-state index is 0.349. The van der Waals surface area contributed by atoms with Crippen molar-refractivity contribution in [3.63, 3.8) is 0 Å². The molecule has 3 aromatic rings. The van der Waals surface area contributed by atoms with Gasteiger partial charge in [0.05, 0.1) is 29.1 Å². The van der Waals surface area contributed by atoms with E-state index in [1.807, 2.05) is 37.3 Å². The number of aryl methyl sites for hydroxylation is 1. The first-order valence-electron chi connectivity index (χ1n) is 22.8. The minimum atomic E-state index is -0.820. The van der Waals surface area contributed by atoms with Crippen molar-refractivity contribution in [2.24, 2.45) is 5.92 Å². The van der Waals surface area contributed by atoms with Crippen molar-refractivity contribution in [3.05, 3.63) is 147 Å². The largest absolute Gasteiger partial charge is 0.494 e. The van der Waals surface area contributed by atoms with Crippen molar-refractivity contribution >= 4 is 40.9 Å². The topological polar surface area (TPSA) is 103 Å². The molecule has 2 aliphatic heterocycles. The molecule has 3 aromatic carbocycles. The first-order chi connectivity index (χ1) is 30.0. The number of nitrogens with one attached hydrogen (secondary N) is 2. The smallest absolute Gasteiger partial charge is 0.150 e. The van der Waals surface area contributed by atoms with Gasteiger partial charge in [-0.05, 0) is 122 Å². The van der Waals surface area contributed by atoms with Crippen LogP contribution in [0.4, 0.5) is 11.4 Å². The predicted molar refractivity (Wildman–Crippen MR) is 260 cm³/mol. The molecule has 9 heteroatoms. The van der Waals surface area contributed by atoms with E-state index in [1.54, 1.807) is 6.08 Å². The van der Waals surface area contributed by atoms with Crippen molar-refractivity contribution < 1.29 is 14.6 Å². The number of nitrogens with zero attached hydrogens (tertiary/aromatic N) is 2. The summed E-state index contributed by atoms with van der Waals surface area (Å²) in [6, 6.07) is 13.8. The summed E-state index contributed by atoms with van der Waals surface area (Å²) in [4.78, 5) is 15.9. The van der Waals surface area contributed by atoms with Crippen LogP contribution in [-0.4, -0.2) is 47.4 Å². The van der Waals surface area contributed by atoms with Gasteiger partial charge in [-0.3, -0.25) is 14.6 Å². The van der Waals surface area contributed by atoms with Crippen LogP contribution in [-0.2, 0) is 13.0 Å². The Morgan fingerprint density at radius 2 is 1.82 bits per heavy atom. The van der Waals surface area contributed by atoms with Gasteiger partial charge in [0.1, 0.15) is 11.6 Å². The van der Waals surface area contributed by atoms with E-state index in [0.717, 1.165) is 127 Å². The van der Waals surface area contributed by atoms with Crippen LogP contribution in [0.5, 0.6) is 5.75 Å². The number of ether oxygens (including phenoxy) is 1. The number of halogens is 1. The number of carbonyl (C=O) groups excluding carboxylic acids is 1. The van der Waals surface area contributed by atoms with E-state index < -0.39 is 6.10 Å². The molecule has 2 unspecified atom stereocenters. The number of carbonyl (C=O) groups is 1. The average molecular weight is 859 g/mol. The minimum Gasteiger partial charge on any atom is -0.494 e. The monoisotopic (exact) mass is 858 g/mol. The molecule has 62 heavy (non-hydrogen) atoms. The second-order valence-electron chi connectivity index (χ2n) is 17.2. The van der Waals surface area contributed by atoms with Crippen LogP contribution in [0, 0.1) is 12.8 Å². The van der Waals surface area contributed by atoms with Crippen molar-refractivity contribution in [1.29, 1.82) is 0 Å². The summed E-state index contributed by atoms with van der Waals surface area (Å²) in [5, 5.41) is 19.2. The number of rotatable bonds is 23. The second kappa shape index (κ2) is 22.4. The highest BCUT2D eigenvalue weighted by Gasteiger charge is 2.32. The third kappa shape index (κ3) is 11.7. The molecule has 0 radical (unpaired) electrons. The Balaban J connectivity index is 0.979. The van der Waals surface area contributed by atoms with Gasteiger partial charge in [0.2, 0.25) is 0 Å². The zero-order chi connectivity index (χ0) is 44.2. The number of allylic oxidation sites excluding steroid dienone is 2. The van der Waals surface area contributed by atoms with Crippen molar-refractivity contribution in [2.75, 3.05) is 37.3 Å². The maximum Gasteiger partial charge on any atom is 0.150 e. The first-order valence-corrected chi connectivity index (χ1v) is 23.1. The van der Waals surface area contributed by atoms with Gasteiger partial charge >= 0.3 is 0 Å². The number of aldehydes is 1. The summed E-state index contributed by atoms with van der Waals surface area (Å²) in [5.74, 6) is 2.28. The number of fused-ring (bicyclic) bond motifs is 1. The van der Waals surface area contributed by atoms with Crippen LogP contribution < -0.4 is 21.1 Å². The SMILES string of the molecule is C=Cc1cc(NCCCCCCCCCCc2c(N)ccc(C(O)CC(=C)c3cc(CN4CCC=C(N5C(=C)NC6=CCC(C)C=C65)C4)c(OCC)cc3C)c2Cl)ccc1C=O. The number of nitrogens with two attached hydrogens (primary N) is 1. The molecule has 8 nitrogen and oxygen atoms in total. The molecule has 5 N–H and O–H groups in total. The molecule has 6 rings (SSSR count). The van der Waals surface area contributed by atoms with Gasteiger partial charge < -0.3 is 26.2 Å². The quantitative estimate of drug-likeness (QED) is 0.0425. The van der Waals surface area contributed by atoms with E-state index in [9.17, 15) is 9.90 Å². The Kier molecular flexibility index (Phi) is 16.8. The van der Waals surface area contributed by atoms with Gasteiger partial charge in [-0.25, -0.2) is 0 Å². The summed E-state index contributed by atoms with van der Waals surface area (Å²) in [7, 11) is 0. The van der Waals surface area contributed by atoms with Gasteiger partial charge in [0, 0.05) is 60.8 Å². The summed E-state index contributed by atoms with van der Waals surface area (Å²) in [5.41, 5.74) is 19.0. The third-order valence-electron chi connectivity index (χ3n) is 12.4. The lowest BCUT2D eigenvalue weighted by molar-refractivity contribution is 0.112. The fourth-order valence-electron chi connectivity index (χ4n) is 8.98. The molecule has 0 spiro atoms. The van der Waals surface area contributed by atoms with Crippen molar-refractivity contribution in [2.45, 2.75) is 110 Å². The first kappa shape index (κ1) is 46.5. The number of anilines is 2. The Hall–Kier alpha value is -5.02. The molecule has 3 aliphatic rings. The molecule has 330 valence electrons. The zero-order valence-electron chi connectivity index (χ0n) is 37.3. The molecular formula is C53H68ClN5O3.